The minimum atomic E-state index is -0.512. The summed E-state index contributed by atoms with van der Waals surface area (Å²) in [5.41, 5.74) is 2.16. The fraction of sp³-hybridized carbons (Fsp3) is 0.440. The summed E-state index contributed by atoms with van der Waals surface area (Å²) in [4.78, 5) is 24.9. The Hall–Kier alpha value is -2.66. The Morgan fingerprint density at radius 1 is 1.07 bits per heavy atom. The molecule has 0 unspecified atom stereocenters. The quantitative estimate of drug-likeness (QED) is 0.701. The summed E-state index contributed by atoms with van der Waals surface area (Å²) in [5.74, 6) is 0.0931. The Bertz CT molecular complexity index is 947. The van der Waals surface area contributed by atoms with Crippen LogP contribution in [-0.2, 0) is 4.74 Å². The zero-order valence-corrected chi connectivity index (χ0v) is 19.3. The lowest BCUT2D eigenvalue weighted by Crippen LogP contribution is -2.47. The van der Waals surface area contributed by atoms with Crippen molar-refractivity contribution >= 4 is 28.7 Å². The first-order chi connectivity index (χ1) is 14.1. The highest BCUT2D eigenvalue weighted by atomic mass is 16.6. The molecule has 0 atom stereocenters. The van der Waals surface area contributed by atoms with Crippen molar-refractivity contribution in [2.45, 2.75) is 40.2 Å². The molecular formula is C25H35N2O3+. The molecule has 0 saturated carbocycles. The summed E-state index contributed by atoms with van der Waals surface area (Å²) in [6, 6.07) is 12.0. The van der Waals surface area contributed by atoms with E-state index in [1.165, 1.54) is 0 Å². The standard InChI is InChI=1S/C23H28N2O3.C2H6/c1-23(2,3)28-22(27)24-12-13-25(4,5)15-18-14-17-10-6-8-16-9-7-11-19(20(16)17)21(18)26;1-2/h6-11,14H,12-13,15H2,1-5H3;1-2H3/p+1. The van der Waals surface area contributed by atoms with Crippen molar-refractivity contribution in [1.29, 1.82) is 0 Å². The van der Waals surface area contributed by atoms with Crippen molar-refractivity contribution in [1.82, 2.24) is 5.32 Å². The molecule has 2 aromatic rings. The number of nitrogens with zero attached hydrogens (tertiary/aromatic N) is 1. The maximum absolute atomic E-state index is 13.1. The molecular weight excluding hydrogens is 376 g/mol. The molecule has 30 heavy (non-hydrogen) atoms. The molecule has 162 valence electrons. The number of carbonyl (C=O) groups is 2. The molecule has 0 radical (unpaired) electrons. The van der Waals surface area contributed by atoms with Gasteiger partial charge in [-0.05, 0) is 37.8 Å². The number of hydrogen-bond acceptors (Lipinski definition) is 3. The molecule has 3 rings (SSSR count). The number of likely N-dealkylation sites (N-methyl/N-ethyl adjacent to an activating group) is 1. The summed E-state index contributed by atoms with van der Waals surface area (Å²) >= 11 is 0. The van der Waals surface area contributed by atoms with Crippen molar-refractivity contribution in [3.8, 4) is 0 Å². The van der Waals surface area contributed by atoms with Crippen LogP contribution in [0.2, 0.25) is 0 Å². The van der Waals surface area contributed by atoms with E-state index in [4.69, 9.17) is 4.74 Å². The van der Waals surface area contributed by atoms with E-state index in [9.17, 15) is 9.59 Å². The molecule has 0 bridgehead atoms. The number of nitrogens with one attached hydrogen (secondary N) is 1. The van der Waals surface area contributed by atoms with Gasteiger partial charge in [0.25, 0.3) is 0 Å². The van der Waals surface area contributed by atoms with Crippen molar-refractivity contribution in [3.63, 3.8) is 0 Å². The van der Waals surface area contributed by atoms with Crippen molar-refractivity contribution in [2.75, 3.05) is 33.7 Å². The number of alkyl carbamates (subject to hydrolysis) is 1. The van der Waals surface area contributed by atoms with E-state index in [0.717, 1.165) is 27.5 Å². The maximum atomic E-state index is 13.1. The van der Waals surface area contributed by atoms with Gasteiger partial charge in [-0.25, -0.2) is 4.79 Å². The van der Waals surface area contributed by atoms with Crippen molar-refractivity contribution in [3.05, 3.63) is 53.1 Å². The molecule has 2 aromatic carbocycles. The lowest BCUT2D eigenvalue weighted by molar-refractivity contribution is -0.883. The number of rotatable bonds is 5. The van der Waals surface area contributed by atoms with Gasteiger partial charge in [-0.1, -0.05) is 50.2 Å². The Morgan fingerprint density at radius 3 is 2.33 bits per heavy atom. The lowest BCUT2D eigenvalue weighted by atomic mass is 9.87. The Kier molecular flexibility index (Phi) is 7.43. The van der Waals surface area contributed by atoms with Crippen molar-refractivity contribution in [2.24, 2.45) is 0 Å². The third-order valence-electron chi connectivity index (χ3n) is 4.79. The average Bonchev–Trinajstić information content (AvgIpc) is 2.65. The third kappa shape index (κ3) is 5.92. The van der Waals surface area contributed by atoms with Crippen LogP contribution < -0.4 is 5.32 Å². The molecule has 0 heterocycles. The summed E-state index contributed by atoms with van der Waals surface area (Å²) in [6.45, 7) is 11.3. The van der Waals surface area contributed by atoms with Crippen LogP contribution in [0.15, 0.2) is 42.0 Å². The van der Waals surface area contributed by atoms with Crippen LogP contribution in [-0.4, -0.2) is 55.7 Å². The van der Waals surface area contributed by atoms with Gasteiger partial charge in [0.15, 0.2) is 5.78 Å². The molecule has 1 amide bonds. The number of ether oxygens (including phenoxy) is 1. The zero-order chi connectivity index (χ0) is 22.5. The Labute approximate surface area is 180 Å². The van der Waals surface area contributed by atoms with Gasteiger partial charge in [-0.3, -0.25) is 4.79 Å². The molecule has 0 saturated heterocycles. The number of Topliss-reactive ketones (excluding diaryl/α,β-unsaturated/α-hetero) is 1. The number of quaternary nitrogens is 1. The van der Waals surface area contributed by atoms with E-state index in [-0.39, 0.29) is 5.78 Å². The summed E-state index contributed by atoms with van der Waals surface area (Å²) < 4.78 is 5.86. The van der Waals surface area contributed by atoms with Crippen LogP contribution in [0.5, 0.6) is 0 Å². The second-order valence-corrected chi connectivity index (χ2v) is 9.00. The lowest BCUT2D eigenvalue weighted by Gasteiger charge is -2.31. The fourth-order valence-corrected chi connectivity index (χ4v) is 3.54. The van der Waals surface area contributed by atoms with E-state index in [0.29, 0.717) is 24.1 Å². The van der Waals surface area contributed by atoms with E-state index in [1.807, 2.05) is 71.0 Å². The summed E-state index contributed by atoms with van der Waals surface area (Å²) in [7, 11) is 4.12. The molecule has 1 N–H and O–H groups in total. The van der Waals surface area contributed by atoms with Gasteiger partial charge in [0.05, 0.1) is 32.8 Å². The summed E-state index contributed by atoms with van der Waals surface area (Å²) in [6.07, 6.45) is 1.60. The SMILES string of the molecule is CC.CC(C)(C)OC(=O)NCC[N+](C)(C)CC1=Cc2cccc3cccc(c23)C1=O. The second-order valence-electron chi connectivity index (χ2n) is 9.00. The highest BCUT2D eigenvalue weighted by molar-refractivity contribution is 6.22. The van der Waals surface area contributed by atoms with Crippen LogP contribution in [0, 0.1) is 0 Å². The highest BCUT2D eigenvalue weighted by Crippen LogP contribution is 2.31. The number of hydrogen-bond donors (Lipinski definition) is 1. The largest absolute Gasteiger partial charge is 0.444 e. The van der Waals surface area contributed by atoms with E-state index < -0.39 is 11.7 Å². The minimum absolute atomic E-state index is 0.0931. The van der Waals surface area contributed by atoms with Crippen LogP contribution in [0.4, 0.5) is 4.79 Å². The van der Waals surface area contributed by atoms with Gasteiger partial charge in [0.1, 0.15) is 12.1 Å². The average molecular weight is 412 g/mol. The molecule has 0 aromatic heterocycles. The van der Waals surface area contributed by atoms with Gasteiger partial charge in [-0.15, -0.1) is 0 Å². The van der Waals surface area contributed by atoms with Gasteiger partial charge in [-0.2, -0.15) is 0 Å². The van der Waals surface area contributed by atoms with Gasteiger partial charge in [0.2, 0.25) is 0 Å². The van der Waals surface area contributed by atoms with Gasteiger partial charge < -0.3 is 14.5 Å². The summed E-state index contributed by atoms with van der Waals surface area (Å²) in [5, 5.41) is 4.92. The molecule has 0 fully saturated rings. The number of amides is 1. The fourth-order valence-electron chi connectivity index (χ4n) is 3.54. The zero-order valence-electron chi connectivity index (χ0n) is 19.3. The Morgan fingerprint density at radius 2 is 1.70 bits per heavy atom. The molecule has 5 heteroatoms. The predicted octanol–water partition coefficient (Wildman–Crippen LogP) is 5.05. The molecule has 1 aliphatic rings. The van der Waals surface area contributed by atoms with E-state index in [1.54, 1.807) is 0 Å². The van der Waals surface area contributed by atoms with Gasteiger partial charge in [0, 0.05) is 10.9 Å². The molecule has 0 spiro atoms. The first-order valence-electron chi connectivity index (χ1n) is 10.6. The van der Waals surface area contributed by atoms with Crippen LogP contribution in [0.1, 0.15) is 50.5 Å². The molecule has 5 nitrogen and oxygen atoms in total. The van der Waals surface area contributed by atoms with Crippen LogP contribution in [0.3, 0.4) is 0 Å². The smallest absolute Gasteiger partial charge is 0.407 e. The normalized spacial score (nSPS) is 13.3. The Balaban J connectivity index is 0.00000155. The van der Waals surface area contributed by atoms with Crippen LogP contribution in [0.25, 0.3) is 16.8 Å². The number of benzene rings is 2. The maximum Gasteiger partial charge on any atom is 0.407 e. The third-order valence-corrected chi connectivity index (χ3v) is 4.79. The second kappa shape index (κ2) is 9.43. The van der Waals surface area contributed by atoms with Crippen LogP contribution >= 0.6 is 0 Å². The van der Waals surface area contributed by atoms with Gasteiger partial charge >= 0.3 is 6.09 Å². The van der Waals surface area contributed by atoms with E-state index >= 15 is 0 Å². The van der Waals surface area contributed by atoms with Crippen molar-refractivity contribution < 1.29 is 18.8 Å². The number of ketones is 1. The van der Waals surface area contributed by atoms with E-state index in [2.05, 4.69) is 25.5 Å². The highest BCUT2D eigenvalue weighted by Gasteiger charge is 2.27. The molecule has 0 aliphatic heterocycles. The minimum Gasteiger partial charge on any atom is -0.444 e. The number of carbonyl (C=O) groups excluding carboxylic acids is 2. The first kappa shape index (κ1) is 23.6. The monoisotopic (exact) mass is 411 g/mol. The molecule has 1 aliphatic carbocycles. The first-order valence-corrected chi connectivity index (χ1v) is 10.6. The topological polar surface area (TPSA) is 55.4 Å². The predicted molar refractivity (Wildman–Crippen MR) is 124 cm³/mol.